The van der Waals surface area contributed by atoms with E-state index in [1.807, 2.05) is 41.2 Å². The molecule has 0 saturated heterocycles. The SMILES string of the molecule is CCOC(=O)c1ccc2c(cnn2CCCNc2ncc(C(c3ccccc3)(c3ccccc3)c3ccccc3)[nH]2)c1. The third-order valence-electron chi connectivity index (χ3n) is 7.59. The van der Waals surface area contributed by atoms with Gasteiger partial charge in [-0.3, -0.25) is 4.68 Å². The van der Waals surface area contributed by atoms with Gasteiger partial charge in [0.2, 0.25) is 0 Å². The fourth-order valence-electron chi connectivity index (χ4n) is 5.67. The maximum atomic E-state index is 12.1. The molecule has 0 amide bonds. The fourth-order valence-corrected chi connectivity index (χ4v) is 5.67. The van der Waals surface area contributed by atoms with Gasteiger partial charge in [-0.15, -0.1) is 0 Å². The first-order valence-corrected chi connectivity index (χ1v) is 14.3. The number of aromatic amines is 1. The molecule has 7 heteroatoms. The van der Waals surface area contributed by atoms with E-state index in [2.05, 4.69) is 88.2 Å². The molecule has 0 aliphatic carbocycles. The van der Waals surface area contributed by atoms with Crippen LogP contribution in [0.2, 0.25) is 0 Å². The van der Waals surface area contributed by atoms with E-state index < -0.39 is 5.41 Å². The quantitative estimate of drug-likeness (QED) is 0.104. The van der Waals surface area contributed by atoms with Gasteiger partial charge in [0.25, 0.3) is 0 Å². The molecule has 0 bridgehead atoms. The minimum absolute atomic E-state index is 0.315. The van der Waals surface area contributed by atoms with Crippen molar-refractivity contribution in [2.24, 2.45) is 0 Å². The summed E-state index contributed by atoms with van der Waals surface area (Å²) in [5, 5.41) is 8.93. The van der Waals surface area contributed by atoms with Gasteiger partial charge in [0.15, 0.2) is 5.95 Å². The summed E-state index contributed by atoms with van der Waals surface area (Å²) >= 11 is 0. The summed E-state index contributed by atoms with van der Waals surface area (Å²) in [6.45, 7) is 3.60. The van der Waals surface area contributed by atoms with Crippen LogP contribution in [0, 0.1) is 0 Å². The van der Waals surface area contributed by atoms with E-state index in [1.54, 1.807) is 19.2 Å². The number of aromatic nitrogens is 4. The average Bonchev–Trinajstić information content (AvgIpc) is 3.69. The monoisotopic (exact) mass is 555 g/mol. The van der Waals surface area contributed by atoms with Crippen LogP contribution in [0.4, 0.5) is 5.95 Å². The second kappa shape index (κ2) is 12.1. The first-order chi connectivity index (χ1) is 20.7. The number of hydrogen-bond acceptors (Lipinski definition) is 5. The van der Waals surface area contributed by atoms with Gasteiger partial charge < -0.3 is 15.0 Å². The van der Waals surface area contributed by atoms with E-state index in [4.69, 9.17) is 9.72 Å². The maximum absolute atomic E-state index is 12.1. The number of imidazole rings is 1. The van der Waals surface area contributed by atoms with Crippen molar-refractivity contribution in [3.05, 3.63) is 150 Å². The maximum Gasteiger partial charge on any atom is 0.338 e. The zero-order valence-electron chi connectivity index (χ0n) is 23.5. The van der Waals surface area contributed by atoms with Crippen LogP contribution in [0.15, 0.2) is 122 Å². The number of nitrogens with one attached hydrogen (secondary N) is 2. The molecular formula is C35H33N5O2. The molecule has 7 nitrogen and oxygen atoms in total. The second-order valence-electron chi connectivity index (χ2n) is 10.1. The van der Waals surface area contributed by atoms with Crippen molar-refractivity contribution in [3.8, 4) is 0 Å². The Hall–Kier alpha value is -5.17. The van der Waals surface area contributed by atoms with Crippen molar-refractivity contribution in [1.29, 1.82) is 0 Å². The third-order valence-corrected chi connectivity index (χ3v) is 7.59. The minimum atomic E-state index is -0.562. The number of fused-ring (bicyclic) bond motifs is 1. The molecule has 210 valence electrons. The molecule has 2 heterocycles. The topological polar surface area (TPSA) is 84.8 Å². The predicted molar refractivity (Wildman–Crippen MR) is 166 cm³/mol. The van der Waals surface area contributed by atoms with Gasteiger partial charge in [0.05, 0.1) is 41.2 Å². The fraction of sp³-hybridized carbons (Fsp3) is 0.171. The number of benzene rings is 4. The number of hydrogen-bond donors (Lipinski definition) is 2. The first kappa shape index (κ1) is 27.0. The molecule has 0 aliphatic rings. The summed E-state index contributed by atoms with van der Waals surface area (Å²) in [6.07, 6.45) is 4.58. The van der Waals surface area contributed by atoms with Gasteiger partial charge in [-0.1, -0.05) is 91.0 Å². The van der Waals surface area contributed by atoms with Gasteiger partial charge in [-0.05, 0) is 48.2 Å². The van der Waals surface area contributed by atoms with Crippen LogP contribution < -0.4 is 5.32 Å². The van der Waals surface area contributed by atoms with E-state index in [0.717, 1.165) is 52.2 Å². The Morgan fingerprint density at radius 1 is 0.857 bits per heavy atom. The number of carbonyl (C=O) groups is 1. The molecule has 0 fully saturated rings. The summed E-state index contributed by atoms with van der Waals surface area (Å²) < 4.78 is 7.08. The molecule has 0 atom stereocenters. The lowest BCUT2D eigenvalue weighted by Gasteiger charge is -2.35. The van der Waals surface area contributed by atoms with Crippen LogP contribution in [-0.2, 0) is 16.7 Å². The lowest BCUT2D eigenvalue weighted by Crippen LogP contribution is -2.31. The standard InChI is InChI=1S/C35H33N5O2/c1-2-42-33(41)26-19-20-31-27(23-26)24-38-40(31)22-12-21-36-34-37-25-32(39-34)35(28-13-6-3-7-14-28,29-15-8-4-9-16-29)30-17-10-5-11-18-30/h3-11,13-20,23-25H,2,12,21-22H2,1H3,(H2,36,37,39). The van der Waals surface area contributed by atoms with Crippen molar-refractivity contribution in [1.82, 2.24) is 19.7 Å². The smallest absolute Gasteiger partial charge is 0.338 e. The number of H-pyrrole nitrogens is 1. The zero-order chi connectivity index (χ0) is 28.8. The van der Waals surface area contributed by atoms with Crippen molar-refractivity contribution in [2.75, 3.05) is 18.5 Å². The van der Waals surface area contributed by atoms with Crippen LogP contribution in [-0.4, -0.2) is 38.9 Å². The van der Waals surface area contributed by atoms with E-state index in [0.29, 0.717) is 18.7 Å². The van der Waals surface area contributed by atoms with Gasteiger partial charge in [0, 0.05) is 18.5 Å². The molecule has 0 unspecified atom stereocenters. The van der Waals surface area contributed by atoms with Gasteiger partial charge >= 0.3 is 5.97 Å². The molecule has 0 saturated carbocycles. The molecule has 0 aliphatic heterocycles. The molecule has 6 rings (SSSR count). The van der Waals surface area contributed by atoms with E-state index in [9.17, 15) is 4.79 Å². The summed E-state index contributed by atoms with van der Waals surface area (Å²) in [4.78, 5) is 20.4. The number of ether oxygens (including phenoxy) is 1. The van der Waals surface area contributed by atoms with E-state index in [-0.39, 0.29) is 5.97 Å². The van der Waals surface area contributed by atoms with Crippen LogP contribution in [0.5, 0.6) is 0 Å². The number of carbonyl (C=O) groups excluding carboxylic acids is 1. The van der Waals surface area contributed by atoms with E-state index in [1.165, 1.54) is 0 Å². The summed E-state index contributed by atoms with van der Waals surface area (Å²) in [7, 11) is 0. The number of anilines is 1. The Kier molecular flexibility index (Phi) is 7.81. The molecule has 4 aromatic carbocycles. The largest absolute Gasteiger partial charge is 0.462 e. The van der Waals surface area contributed by atoms with Crippen LogP contribution in [0.3, 0.4) is 0 Å². The lowest BCUT2D eigenvalue weighted by molar-refractivity contribution is 0.0526. The van der Waals surface area contributed by atoms with Crippen molar-refractivity contribution < 1.29 is 9.53 Å². The van der Waals surface area contributed by atoms with Crippen LogP contribution in [0.1, 0.15) is 46.1 Å². The normalized spacial score (nSPS) is 11.5. The molecule has 0 spiro atoms. The highest BCUT2D eigenvalue weighted by molar-refractivity contribution is 5.94. The van der Waals surface area contributed by atoms with Crippen molar-refractivity contribution in [3.63, 3.8) is 0 Å². The second-order valence-corrected chi connectivity index (χ2v) is 10.1. The minimum Gasteiger partial charge on any atom is -0.462 e. The summed E-state index contributed by atoms with van der Waals surface area (Å²) in [5.74, 6) is 0.409. The Labute approximate surface area is 245 Å². The van der Waals surface area contributed by atoms with E-state index >= 15 is 0 Å². The summed E-state index contributed by atoms with van der Waals surface area (Å²) in [6, 6.07) is 37.3. The Morgan fingerprint density at radius 3 is 2.07 bits per heavy atom. The molecule has 0 radical (unpaired) electrons. The number of rotatable bonds is 11. The van der Waals surface area contributed by atoms with Crippen LogP contribution >= 0.6 is 0 Å². The predicted octanol–water partition coefficient (Wildman–Crippen LogP) is 6.82. The zero-order valence-corrected chi connectivity index (χ0v) is 23.5. The Morgan fingerprint density at radius 2 is 1.48 bits per heavy atom. The molecule has 6 aromatic rings. The highest BCUT2D eigenvalue weighted by Gasteiger charge is 2.39. The highest BCUT2D eigenvalue weighted by Crippen LogP contribution is 2.44. The first-order valence-electron chi connectivity index (χ1n) is 14.3. The highest BCUT2D eigenvalue weighted by atomic mass is 16.5. The molecule has 2 aromatic heterocycles. The van der Waals surface area contributed by atoms with Crippen molar-refractivity contribution in [2.45, 2.75) is 25.3 Å². The molecular weight excluding hydrogens is 522 g/mol. The summed E-state index contributed by atoms with van der Waals surface area (Å²) in [5.41, 5.74) is 5.44. The van der Waals surface area contributed by atoms with Crippen LogP contribution in [0.25, 0.3) is 10.9 Å². The number of aryl methyl sites for hydroxylation is 1. The molecule has 2 N–H and O–H groups in total. The van der Waals surface area contributed by atoms with Gasteiger partial charge in [-0.25, -0.2) is 9.78 Å². The van der Waals surface area contributed by atoms with Gasteiger partial charge in [0.1, 0.15) is 0 Å². The number of esters is 1. The Balaban J connectivity index is 1.22. The van der Waals surface area contributed by atoms with Crippen molar-refractivity contribution >= 4 is 22.8 Å². The lowest BCUT2D eigenvalue weighted by atomic mass is 9.67. The number of nitrogens with zero attached hydrogens (tertiary/aromatic N) is 3. The third kappa shape index (κ3) is 5.17. The molecule has 42 heavy (non-hydrogen) atoms. The average molecular weight is 556 g/mol. The van der Waals surface area contributed by atoms with Gasteiger partial charge in [-0.2, -0.15) is 5.10 Å². The Bertz CT molecular complexity index is 1660.